The van der Waals surface area contributed by atoms with Crippen molar-refractivity contribution < 1.29 is 14.4 Å². The Morgan fingerprint density at radius 2 is 1.86 bits per heavy atom. The summed E-state index contributed by atoms with van der Waals surface area (Å²) in [4.78, 5) is 19.1. The standard InChI is InChI=1S/C20H19ClN4O4/c1-12(2)13-4-7-15(8-5-13)29-20-18(25(26)27)19(22-11-23-20)24-16-10-14(21)6-9-17(16)28-3/h4-12H,1-3H3,(H,22,23,24). The third-order valence-electron chi connectivity index (χ3n) is 4.15. The zero-order valence-corrected chi connectivity index (χ0v) is 16.8. The van der Waals surface area contributed by atoms with E-state index in [0.29, 0.717) is 28.1 Å². The lowest BCUT2D eigenvalue weighted by Crippen LogP contribution is -2.04. The van der Waals surface area contributed by atoms with Crippen molar-refractivity contribution in [2.75, 3.05) is 12.4 Å². The van der Waals surface area contributed by atoms with Crippen LogP contribution in [0.15, 0.2) is 48.8 Å². The van der Waals surface area contributed by atoms with Crippen LogP contribution in [0.1, 0.15) is 25.3 Å². The molecule has 0 fully saturated rings. The molecule has 1 heterocycles. The molecule has 0 saturated heterocycles. The Kier molecular flexibility index (Phi) is 6.13. The second-order valence-corrected chi connectivity index (χ2v) is 6.86. The first-order valence-corrected chi connectivity index (χ1v) is 9.14. The van der Waals surface area contributed by atoms with Gasteiger partial charge in [-0.05, 0) is 41.8 Å². The maximum Gasteiger partial charge on any atom is 0.373 e. The van der Waals surface area contributed by atoms with Gasteiger partial charge in [-0.1, -0.05) is 37.6 Å². The summed E-state index contributed by atoms with van der Waals surface area (Å²) in [6.45, 7) is 4.15. The first kappa shape index (κ1) is 20.3. The molecule has 9 heteroatoms. The van der Waals surface area contributed by atoms with Gasteiger partial charge in [-0.15, -0.1) is 0 Å². The minimum absolute atomic E-state index is 0.0423. The SMILES string of the molecule is COc1ccc(Cl)cc1Nc1ncnc(Oc2ccc(C(C)C)cc2)c1[N+](=O)[O-]. The number of nitro groups is 1. The predicted molar refractivity (Wildman–Crippen MR) is 111 cm³/mol. The molecular weight excluding hydrogens is 396 g/mol. The van der Waals surface area contributed by atoms with Gasteiger partial charge in [-0.25, -0.2) is 4.98 Å². The maximum atomic E-state index is 11.7. The summed E-state index contributed by atoms with van der Waals surface area (Å²) in [5.74, 6) is 1.03. The van der Waals surface area contributed by atoms with Crippen molar-refractivity contribution in [3.63, 3.8) is 0 Å². The highest BCUT2D eigenvalue weighted by Gasteiger charge is 2.26. The Bertz CT molecular complexity index is 1030. The Morgan fingerprint density at radius 1 is 1.14 bits per heavy atom. The molecule has 0 aliphatic rings. The van der Waals surface area contributed by atoms with Crippen LogP contribution in [0.2, 0.25) is 5.02 Å². The van der Waals surface area contributed by atoms with Gasteiger partial charge in [0.15, 0.2) is 0 Å². The fraction of sp³-hybridized carbons (Fsp3) is 0.200. The Hall–Kier alpha value is -3.39. The number of hydrogen-bond donors (Lipinski definition) is 1. The normalized spacial score (nSPS) is 10.7. The highest BCUT2D eigenvalue weighted by atomic mass is 35.5. The first-order chi connectivity index (χ1) is 13.9. The van der Waals surface area contributed by atoms with Crippen molar-refractivity contribution >= 4 is 28.8 Å². The van der Waals surface area contributed by atoms with Gasteiger partial charge in [0.2, 0.25) is 5.82 Å². The van der Waals surface area contributed by atoms with Crippen LogP contribution in [-0.4, -0.2) is 22.0 Å². The largest absolute Gasteiger partial charge is 0.495 e. The number of hydrogen-bond acceptors (Lipinski definition) is 7. The maximum absolute atomic E-state index is 11.7. The van der Waals surface area contributed by atoms with Gasteiger partial charge in [0, 0.05) is 5.02 Å². The van der Waals surface area contributed by atoms with Gasteiger partial charge in [-0.3, -0.25) is 10.1 Å². The number of benzene rings is 2. The van der Waals surface area contributed by atoms with Crippen LogP contribution in [0.5, 0.6) is 17.4 Å². The van der Waals surface area contributed by atoms with Crippen molar-refractivity contribution in [1.82, 2.24) is 9.97 Å². The summed E-state index contributed by atoms with van der Waals surface area (Å²) in [5, 5.41) is 15.1. The molecule has 0 aliphatic heterocycles. The zero-order valence-electron chi connectivity index (χ0n) is 16.0. The Morgan fingerprint density at radius 3 is 2.48 bits per heavy atom. The lowest BCUT2D eigenvalue weighted by atomic mass is 10.0. The van der Waals surface area contributed by atoms with E-state index in [-0.39, 0.29) is 11.7 Å². The molecule has 0 radical (unpaired) electrons. The molecule has 1 aromatic heterocycles. The molecule has 0 bridgehead atoms. The molecule has 150 valence electrons. The Balaban J connectivity index is 1.96. The highest BCUT2D eigenvalue weighted by Crippen LogP contribution is 2.38. The molecule has 0 atom stereocenters. The van der Waals surface area contributed by atoms with Crippen LogP contribution in [0.25, 0.3) is 0 Å². The number of nitrogens with zero attached hydrogens (tertiary/aromatic N) is 3. The van der Waals surface area contributed by atoms with Gasteiger partial charge < -0.3 is 14.8 Å². The average Bonchev–Trinajstić information content (AvgIpc) is 2.68. The molecule has 0 amide bonds. The molecule has 2 aromatic carbocycles. The topological polar surface area (TPSA) is 99.4 Å². The van der Waals surface area contributed by atoms with E-state index >= 15 is 0 Å². The number of anilines is 2. The molecule has 0 aliphatic carbocycles. The lowest BCUT2D eigenvalue weighted by Gasteiger charge is -2.12. The van der Waals surface area contributed by atoms with Crippen molar-refractivity contribution in [3.8, 4) is 17.4 Å². The van der Waals surface area contributed by atoms with Crippen molar-refractivity contribution in [3.05, 3.63) is 69.5 Å². The van der Waals surface area contributed by atoms with Gasteiger partial charge in [0.25, 0.3) is 0 Å². The third kappa shape index (κ3) is 4.72. The van der Waals surface area contributed by atoms with Gasteiger partial charge in [0.1, 0.15) is 17.8 Å². The van der Waals surface area contributed by atoms with Gasteiger partial charge in [-0.2, -0.15) is 4.98 Å². The Labute approximate surface area is 172 Å². The molecule has 1 N–H and O–H groups in total. The van der Waals surface area contributed by atoms with E-state index in [0.717, 1.165) is 5.56 Å². The fourth-order valence-corrected chi connectivity index (χ4v) is 2.80. The zero-order chi connectivity index (χ0) is 21.0. The number of ether oxygens (including phenoxy) is 2. The molecule has 3 rings (SSSR count). The van der Waals surface area contributed by atoms with Crippen LogP contribution >= 0.6 is 11.6 Å². The molecule has 8 nitrogen and oxygen atoms in total. The summed E-state index contributed by atoms with van der Waals surface area (Å²) in [6.07, 6.45) is 1.18. The van der Waals surface area contributed by atoms with E-state index in [2.05, 4.69) is 29.1 Å². The number of nitrogens with one attached hydrogen (secondary N) is 1. The van der Waals surface area contributed by atoms with Crippen molar-refractivity contribution in [2.45, 2.75) is 19.8 Å². The summed E-state index contributed by atoms with van der Waals surface area (Å²) < 4.78 is 10.9. The van der Waals surface area contributed by atoms with E-state index in [1.54, 1.807) is 30.3 Å². The molecule has 0 unspecified atom stereocenters. The minimum Gasteiger partial charge on any atom is -0.495 e. The average molecular weight is 415 g/mol. The van der Waals surface area contributed by atoms with E-state index < -0.39 is 10.6 Å². The van der Waals surface area contributed by atoms with Gasteiger partial charge >= 0.3 is 11.6 Å². The highest BCUT2D eigenvalue weighted by molar-refractivity contribution is 6.31. The van der Waals surface area contributed by atoms with Crippen LogP contribution in [0, 0.1) is 10.1 Å². The number of aromatic nitrogens is 2. The summed E-state index contributed by atoms with van der Waals surface area (Å²) in [6, 6.07) is 12.2. The number of methoxy groups -OCH3 is 1. The smallest absolute Gasteiger partial charge is 0.373 e. The van der Waals surface area contributed by atoms with E-state index in [4.69, 9.17) is 21.1 Å². The van der Waals surface area contributed by atoms with Crippen molar-refractivity contribution in [1.29, 1.82) is 0 Å². The number of rotatable bonds is 7. The van der Waals surface area contributed by atoms with E-state index in [1.165, 1.54) is 13.4 Å². The molecule has 3 aromatic rings. The summed E-state index contributed by atoms with van der Waals surface area (Å²) in [7, 11) is 1.48. The molecule has 29 heavy (non-hydrogen) atoms. The molecular formula is C20H19ClN4O4. The predicted octanol–water partition coefficient (Wildman–Crippen LogP) is 5.71. The lowest BCUT2D eigenvalue weighted by molar-refractivity contribution is -0.385. The second-order valence-electron chi connectivity index (χ2n) is 6.43. The summed E-state index contributed by atoms with van der Waals surface area (Å²) in [5.41, 5.74) is 1.15. The molecule has 0 spiro atoms. The third-order valence-corrected chi connectivity index (χ3v) is 4.38. The van der Waals surface area contributed by atoms with Crippen LogP contribution in [-0.2, 0) is 0 Å². The second kappa shape index (κ2) is 8.74. The summed E-state index contributed by atoms with van der Waals surface area (Å²) >= 11 is 6.03. The van der Waals surface area contributed by atoms with Gasteiger partial charge in [0.05, 0.1) is 17.7 Å². The first-order valence-electron chi connectivity index (χ1n) is 8.76. The molecule has 0 saturated carbocycles. The minimum atomic E-state index is -0.600. The number of halogens is 1. The van der Waals surface area contributed by atoms with Crippen LogP contribution in [0.4, 0.5) is 17.2 Å². The monoisotopic (exact) mass is 414 g/mol. The van der Waals surface area contributed by atoms with Crippen LogP contribution < -0.4 is 14.8 Å². The van der Waals surface area contributed by atoms with Crippen molar-refractivity contribution in [2.24, 2.45) is 0 Å². The van der Waals surface area contributed by atoms with E-state index in [1.807, 2.05) is 12.1 Å². The fourth-order valence-electron chi connectivity index (χ4n) is 2.63. The van der Waals surface area contributed by atoms with Crippen LogP contribution in [0.3, 0.4) is 0 Å². The quantitative estimate of drug-likeness (QED) is 0.390. The van der Waals surface area contributed by atoms with E-state index in [9.17, 15) is 10.1 Å².